The molecule has 1 heterocycles. The fourth-order valence-electron chi connectivity index (χ4n) is 2.40. The molecule has 2 rings (SSSR count). The maximum Gasteiger partial charge on any atom is 0.425 e. The number of nitrogens with one attached hydrogen (secondary N) is 1. The van der Waals surface area contributed by atoms with Crippen molar-refractivity contribution in [1.29, 1.82) is 0 Å². The van der Waals surface area contributed by atoms with Crippen molar-refractivity contribution in [2.24, 2.45) is 0 Å². The number of nitrogens with zero attached hydrogens (tertiary/aromatic N) is 1. The highest BCUT2D eigenvalue weighted by atomic mass is 35.5. The first-order chi connectivity index (χ1) is 13.0. The molecule has 10 heteroatoms. The lowest BCUT2D eigenvalue weighted by atomic mass is 10.2. The van der Waals surface area contributed by atoms with Gasteiger partial charge in [0.2, 0.25) is 0 Å². The maximum atomic E-state index is 12.7. The first-order valence-corrected chi connectivity index (χ1v) is 10.9. The van der Waals surface area contributed by atoms with Crippen LogP contribution >= 0.6 is 11.6 Å². The second-order valence-electron chi connectivity index (χ2n) is 7.41. The Hall–Kier alpha value is -1.71. The van der Waals surface area contributed by atoms with Crippen molar-refractivity contribution < 1.29 is 27.4 Å². The maximum absolute atomic E-state index is 12.7. The molecule has 1 amide bonds. The first-order valence-electron chi connectivity index (χ1n) is 9.11. The van der Waals surface area contributed by atoms with Crippen LogP contribution in [0.1, 0.15) is 40.5 Å². The zero-order valence-electron chi connectivity index (χ0n) is 16.5. The highest BCUT2D eigenvalue weighted by Gasteiger charge is 2.35. The molecule has 0 aliphatic carbocycles. The van der Waals surface area contributed by atoms with Crippen LogP contribution in [0, 0.1) is 0 Å². The molecular formula is C18H27ClN2O6S. The van der Waals surface area contributed by atoms with Gasteiger partial charge in [0.15, 0.2) is 17.6 Å². The number of carbonyl (C=O) groups excluding carboxylic acids is 1. The normalized spacial score (nSPS) is 16.5. The molecule has 0 fully saturated rings. The summed E-state index contributed by atoms with van der Waals surface area (Å²) >= 11 is 5.93. The van der Waals surface area contributed by atoms with E-state index in [1.807, 2.05) is 6.92 Å². The van der Waals surface area contributed by atoms with Gasteiger partial charge in [-0.15, -0.1) is 0 Å². The Morgan fingerprint density at radius 2 is 2.07 bits per heavy atom. The zero-order chi connectivity index (χ0) is 20.9. The predicted octanol–water partition coefficient (Wildman–Crippen LogP) is 3.35. The van der Waals surface area contributed by atoms with Crippen LogP contribution in [0.2, 0.25) is 5.02 Å². The molecule has 158 valence electrons. The van der Waals surface area contributed by atoms with Crippen LogP contribution in [0.4, 0.5) is 4.79 Å². The van der Waals surface area contributed by atoms with E-state index >= 15 is 0 Å². The van der Waals surface area contributed by atoms with Crippen LogP contribution in [-0.4, -0.2) is 50.2 Å². The molecule has 1 N–H and O–H groups in total. The van der Waals surface area contributed by atoms with Gasteiger partial charge in [0.25, 0.3) is 0 Å². The largest absolute Gasteiger partial charge is 0.486 e. The van der Waals surface area contributed by atoms with Crippen molar-refractivity contribution in [3.05, 3.63) is 23.2 Å². The highest BCUT2D eigenvalue weighted by molar-refractivity contribution is 7.87. The molecule has 1 unspecified atom stereocenters. The topological polar surface area (TPSA) is 94.2 Å². The number of carbonyl (C=O) groups is 1. The Kier molecular flexibility index (Phi) is 7.41. The van der Waals surface area contributed by atoms with Crippen molar-refractivity contribution in [3.8, 4) is 11.5 Å². The average Bonchev–Trinajstić information content (AvgIpc) is 2.58. The molecule has 1 aromatic carbocycles. The third-order valence-electron chi connectivity index (χ3n) is 3.70. The van der Waals surface area contributed by atoms with Crippen molar-refractivity contribution in [1.82, 2.24) is 9.03 Å². The van der Waals surface area contributed by atoms with Gasteiger partial charge in [-0.2, -0.15) is 17.4 Å². The molecule has 8 nitrogen and oxygen atoms in total. The number of hydrogen-bond acceptors (Lipinski definition) is 6. The Labute approximate surface area is 171 Å². The van der Waals surface area contributed by atoms with E-state index in [2.05, 4.69) is 4.72 Å². The predicted molar refractivity (Wildman–Crippen MR) is 106 cm³/mol. The Balaban J connectivity index is 2.17. The number of rotatable bonds is 7. The number of unbranched alkanes of at least 4 members (excludes halogenated alkanes) is 1. The van der Waals surface area contributed by atoms with Gasteiger partial charge < -0.3 is 14.2 Å². The molecular weight excluding hydrogens is 408 g/mol. The summed E-state index contributed by atoms with van der Waals surface area (Å²) in [4.78, 5) is 12.6. The molecule has 28 heavy (non-hydrogen) atoms. The molecule has 0 saturated carbocycles. The van der Waals surface area contributed by atoms with Crippen LogP contribution in [0.3, 0.4) is 0 Å². The van der Waals surface area contributed by atoms with Gasteiger partial charge in [-0.25, -0.2) is 4.79 Å². The van der Waals surface area contributed by atoms with Gasteiger partial charge in [-0.05, 0) is 39.3 Å². The minimum atomic E-state index is -4.10. The lowest BCUT2D eigenvalue weighted by molar-refractivity contribution is 0.0263. The lowest BCUT2D eigenvalue weighted by Gasteiger charge is -2.32. The summed E-state index contributed by atoms with van der Waals surface area (Å²) in [6, 6.07) is 4.89. The van der Waals surface area contributed by atoms with E-state index in [1.165, 1.54) is 0 Å². The standard InChI is InChI=1S/C18H27ClN2O6S/c1-5-6-9-20-28(23,24)21(17(22)27-18(2,3)4)11-14-12-25-16-10-13(19)7-8-15(16)26-14/h7-8,10,14,20H,5-6,9,11-12H2,1-4H3. The number of halogens is 1. The van der Waals surface area contributed by atoms with E-state index in [0.29, 0.717) is 27.2 Å². The number of benzene rings is 1. The monoisotopic (exact) mass is 434 g/mol. The second-order valence-corrected chi connectivity index (χ2v) is 9.52. The molecule has 1 aromatic rings. The van der Waals surface area contributed by atoms with E-state index in [9.17, 15) is 13.2 Å². The van der Waals surface area contributed by atoms with Gasteiger partial charge in [0, 0.05) is 17.6 Å². The quantitative estimate of drug-likeness (QED) is 0.661. The van der Waals surface area contributed by atoms with Gasteiger partial charge >= 0.3 is 16.3 Å². The Morgan fingerprint density at radius 3 is 2.71 bits per heavy atom. The van der Waals surface area contributed by atoms with Gasteiger partial charge in [-0.1, -0.05) is 24.9 Å². The molecule has 0 radical (unpaired) electrons. The summed E-state index contributed by atoms with van der Waals surface area (Å²) < 4.78 is 45.1. The summed E-state index contributed by atoms with van der Waals surface area (Å²) in [5.74, 6) is 0.901. The number of fused-ring (bicyclic) bond motifs is 1. The third-order valence-corrected chi connectivity index (χ3v) is 5.38. The van der Waals surface area contributed by atoms with Crippen LogP contribution in [-0.2, 0) is 14.9 Å². The minimum Gasteiger partial charge on any atom is -0.486 e. The van der Waals surface area contributed by atoms with Crippen molar-refractivity contribution in [2.75, 3.05) is 19.7 Å². The van der Waals surface area contributed by atoms with Crippen LogP contribution < -0.4 is 14.2 Å². The summed E-state index contributed by atoms with van der Waals surface area (Å²) in [5.41, 5.74) is -0.846. The van der Waals surface area contributed by atoms with Crippen molar-refractivity contribution in [3.63, 3.8) is 0 Å². The van der Waals surface area contributed by atoms with E-state index < -0.39 is 28.0 Å². The Morgan fingerprint density at radius 1 is 1.36 bits per heavy atom. The zero-order valence-corrected chi connectivity index (χ0v) is 18.1. The van der Waals surface area contributed by atoms with Crippen LogP contribution in [0.5, 0.6) is 11.5 Å². The summed E-state index contributed by atoms with van der Waals surface area (Å²) in [6.45, 7) is 6.98. The molecule has 0 bridgehead atoms. The number of hydrogen-bond donors (Lipinski definition) is 1. The third kappa shape index (κ3) is 6.42. The van der Waals surface area contributed by atoms with Gasteiger partial charge in [-0.3, -0.25) is 0 Å². The Bertz CT molecular complexity index is 794. The molecule has 1 atom stereocenters. The smallest absolute Gasteiger partial charge is 0.425 e. The van der Waals surface area contributed by atoms with Crippen LogP contribution in [0.25, 0.3) is 0 Å². The fourth-order valence-corrected chi connectivity index (χ4v) is 3.72. The molecule has 0 aromatic heterocycles. The van der Waals surface area contributed by atoms with Crippen LogP contribution in [0.15, 0.2) is 18.2 Å². The fraction of sp³-hybridized carbons (Fsp3) is 0.611. The number of ether oxygens (including phenoxy) is 3. The summed E-state index contributed by atoms with van der Waals surface area (Å²) in [6.07, 6.45) is -0.196. The SMILES string of the molecule is CCCCNS(=O)(=O)N(CC1COc2cc(Cl)ccc2O1)C(=O)OC(C)(C)C. The van der Waals surface area contributed by atoms with E-state index in [-0.39, 0.29) is 19.7 Å². The van der Waals surface area contributed by atoms with Crippen molar-refractivity contribution >= 4 is 27.9 Å². The molecule has 0 saturated heterocycles. The lowest BCUT2D eigenvalue weighted by Crippen LogP contribution is -2.51. The average molecular weight is 435 g/mol. The number of amides is 1. The van der Waals surface area contributed by atoms with Gasteiger partial charge in [0.1, 0.15) is 12.2 Å². The highest BCUT2D eigenvalue weighted by Crippen LogP contribution is 2.34. The van der Waals surface area contributed by atoms with Gasteiger partial charge in [0.05, 0.1) is 6.54 Å². The van der Waals surface area contributed by atoms with Crippen molar-refractivity contribution in [2.45, 2.75) is 52.2 Å². The molecule has 1 aliphatic heterocycles. The summed E-state index contributed by atoms with van der Waals surface area (Å²) in [5, 5.41) is 0.499. The molecule has 0 spiro atoms. The molecule has 1 aliphatic rings. The van der Waals surface area contributed by atoms with E-state index in [1.54, 1.807) is 39.0 Å². The van der Waals surface area contributed by atoms with E-state index in [4.69, 9.17) is 25.8 Å². The minimum absolute atomic E-state index is 0.0666. The second kappa shape index (κ2) is 9.19. The van der Waals surface area contributed by atoms with E-state index in [0.717, 1.165) is 6.42 Å². The first kappa shape index (κ1) is 22.6. The summed E-state index contributed by atoms with van der Waals surface area (Å²) in [7, 11) is -4.10.